The lowest BCUT2D eigenvalue weighted by Gasteiger charge is -2.25. The van der Waals surface area contributed by atoms with Gasteiger partial charge in [-0.25, -0.2) is 12.7 Å². The fourth-order valence-corrected chi connectivity index (χ4v) is 3.38. The Hall–Kier alpha value is -3.11. The van der Waals surface area contributed by atoms with Gasteiger partial charge in [0, 0.05) is 19.7 Å². The first-order valence-corrected chi connectivity index (χ1v) is 9.74. The number of carbonyl (C=O) groups is 2. The molecule has 9 nitrogen and oxygen atoms in total. The van der Waals surface area contributed by atoms with Gasteiger partial charge in [-0.05, 0) is 30.3 Å². The van der Waals surface area contributed by atoms with Crippen molar-refractivity contribution in [2.24, 2.45) is 0 Å². The summed E-state index contributed by atoms with van der Waals surface area (Å²) in [6.07, 6.45) is -0.935. The Morgan fingerprint density at radius 2 is 1.75 bits per heavy atom. The Morgan fingerprint density at radius 1 is 1.04 bits per heavy atom. The molecule has 1 heterocycles. The van der Waals surface area contributed by atoms with Gasteiger partial charge in [0.1, 0.15) is 6.61 Å². The van der Waals surface area contributed by atoms with Crippen molar-refractivity contribution in [3.63, 3.8) is 0 Å². The molecular formula is C18H19N3O6S. The fourth-order valence-electron chi connectivity index (χ4n) is 2.43. The Morgan fingerprint density at radius 3 is 2.46 bits per heavy atom. The normalized spacial score (nSPS) is 15.8. The Bertz CT molecular complexity index is 1010. The summed E-state index contributed by atoms with van der Waals surface area (Å²) in [6, 6.07) is 12.4. The van der Waals surface area contributed by atoms with Crippen LogP contribution >= 0.6 is 0 Å². The zero-order valence-electron chi connectivity index (χ0n) is 15.2. The highest BCUT2D eigenvalue weighted by Crippen LogP contribution is 2.30. The number of nitrogens with zero attached hydrogens (tertiary/aromatic N) is 1. The molecule has 2 aromatic carbocycles. The number of hydrogen-bond donors (Lipinski definition) is 2. The minimum absolute atomic E-state index is 0.00468. The number of amides is 2. The van der Waals surface area contributed by atoms with Crippen molar-refractivity contribution >= 4 is 21.8 Å². The summed E-state index contributed by atoms with van der Waals surface area (Å²) in [4.78, 5) is 24.5. The molecule has 10 heteroatoms. The van der Waals surface area contributed by atoms with Crippen molar-refractivity contribution in [1.29, 1.82) is 0 Å². The molecule has 0 bridgehead atoms. The maximum atomic E-state index is 12.3. The van der Waals surface area contributed by atoms with Gasteiger partial charge in [-0.3, -0.25) is 20.4 Å². The highest BCUT2D eigenvalue weighted by molar-refractivity contribution is 7.89. The average Bonchev–Trinajstić information content (AvgIpc) is 2.71. The summed E-state index contributed by atoms with van der Waals surface area (Å²) in [5, 5.41) is 0. The molecule has 3 rings (SSSR count). The van der Waals surface area contributed by atoms with Crippen molar-refractivity contribution in [3.8, 4) is 11.5 Å². The smallest absolute Gasteiger partial charge is 0.283 e. The molecular weight excluding hydrogens is 386 g/mol. The monoisotopic (exact) mass is 405 g/mol. The van der Waals surface area contributed by atoms with E-state index in [1.165, 1.54) is 38.4 Å². The lowest BCUT2D eigenvalue weighted by Crippen LogP contribution is -2.50. The van der Waals surface area contributed by atoms with Crippen molar-refractivity contribution in [2.45, 2.75) is 11.0 Å². The summed E-state index contributed by atoms with van der Waals surface area (Å²) in [5.41, 5.74) is 4.58. The van der Waals surface area contributed by atoms with Gasteiger partial charge in [-0.15, -0.1) is 0 Å². The highest BCUT2D eigenvalue weighted by atomic mass is 32.2. The van der Waals surface area contributed by atoms with Crippen LogP contribution < -0.4 is 20.3 Å². The van der Waals surface area contributed by atoms with Gasteiger partial charge in [0.25, 0.3) is 11.8 Å². The van der Waals surface area contributed by atoms with E-state index in [1.54, 1.807) is 24.3 Å². The van der Waals surface area contributed by atoms with Crippen LogP contribution in [0.25, 0.3) is 0 Å². The molecule has 1 aliphatic rings. The molecule has 2 N–H and O–H groups in total. The first kappa shape index (κ1) is 19.6. The maximum absolute atomic E-state index is 12.3. The Kier molecular flexibility index (Phi) is 5.52. The van der Waals surface area contributed by atoms with Crippen molar-refractivity contribution in [3.05, 3.63) is 54.1 Å². The largest absolute Gasteiger partial charge is 0.485 e. The van der Waals surface area contributed by atoms with Gasteiger partial charge >= 0.3 is 0 Å². The molecule has 0 unspecified atom stereocenters. The lowest BCUT2D eigenvalue weighted by molar-refractivity contribution is -0.131. The van der Waals surface area contributed by atoms with Crippen LogP contribution in [0.4, 0.5) is 0 Å². The SMILES string of the molecule is CN(C)S(=O)(=O)c1cccc(C(=O)NNC(=O)[C@H]2COc3ccccc3O2)c1. The van der Waals surface area contributed by atoms with Crippen LogP contribution in [0.1, 0.15) is 10.4 Å². The minimum Gasteiger partial charge on any atom is -0.485 e. The van der Waals surface area contributed by atoms with Crippen LogP contribution in [0.2, 0.25) is 0 Å². The summed E-state index contributed by atoms with van der Waals surface area (Å²) in [5.74, 6) is -0.294. The van der Waals surface area contributed by atoms with Crippen LogP contribution in [-0.2, 0) is 14.8 Å². The number of para-hydroxylation sites is 2. The number of fused-ring (bicyclic) bond motifs is 1. The summed E-state index contributed by atoms with van der Waals surface area (Å²) in [7, 11) is -0.889. The van der Waals surface area contributed by atoms with Crippen LogP contribution in [0.5, 0.6) is 11.5 Å². The van der Waals surface area contributed by atoms with E-state index in [0.29, 0.717) is 11.5 Å². The number of hydrazine groups is 1. The molecule has 2 amide bonds. The maximum Gasteiger partial charge on any atom is 0.283 e. The van der Waals surface area contributed by atoms with Crippen molar-refractivity contribution in [1.82, 2.24) is 15.2 Å². The van der Waals surface area contributed by atoms with Gasteiger partial charge in [0.2, 0.25) is 16.1 Å². The molecule has 0 fully saturated rings. The van der Waals surface area contributed by atoms with Gasteiger partial charge in [-0.1, -0.05) is 18.2 Å². The van der Waals surface area contributed by atoms with E-state index >= 15 is 0 Å². The van der Waals surface area contributed by atoms with E-state index in [0.717, 1.165) is 4.31 Å². The molecule has 1 atom stereocenters. The number of hydrogen-bond acceptors (Lipinski definition) is 6. The van der Waals surface area contributed by atoms with E-state index in [-0.39, 0.29) is 17.1 Å². The number of benzene rings is 2. The zero-order chi connectivity index (χ0) is 20.3. The standard InChI is InChI=1S/C18H19N3O6S/c1-21(2)28(24,25)13-7-5-6-12(10-13)17(22)19-20-18(23)16-11-26-14-8-3-4-9-15(14)27-16/h3-10,16H,11H2,1-2H3,(H,19,22)(H,20,23)/t16-/m1/s1. The predicted molar refractivity (Wildman–Crippen MR) is 99.3 cm³/mol. The second kappa shape index (κ2) is 7.87. The topological polar surface area (TPSA) is 114 Å². The molecule has 2 aromatic rings. The van der Waals surface area contributed by atoms with Crippen molar-refractivity contribution < 1.29 is 27.5 Å². The van der Waals surface area contributed by atoms with Gasteiger partial charge < -0.3 is 9.47 Å². The number of sulfonamides is 1. The summed E-state index contributed by atoms with van der Waals surface area (Å²) in [6.45, 7) is -0.00468. The van der Waals surface area contributed by atoms with Gasteiger partial charge in [0.05, 0.1) is 4.90 Å². The van der Waals surface area contributed by atoms with E-state index in [2.05, 4.69) is 10.9 Å². The third kappa shape index (κ3) is 4.07. The van der Waals surface area contributed by atoms with E-state index in [4.69, 9.17) is 9.47 Å². The molecule has 0 aromatic heterocycles. The third-order valence-electron chi connectivity index (χ3n) is 3.98. The Labute approximate surface area is 162 Å². The number of nitrogens with one attached hydrogen (secondary N) is 2. The average molecular weight is 405 g/mol. The predicted octanol–water partition coefficient (Wildman–Crippen LogP) is 0.538. The number of rotatable bonds is 4. The minimum atomic E-state index is -3.68. The van der Waals surface area contributed by atoms with E-state index in [9.17, 15) is 18.0 Å². The van der Waals surface area contributed by atoms with Gasteiger partial charge in [0.15, 0.2) is 11.5 Å². The molecule has 0 saturated heterocycles. The second-order valence-corrected chi connectivity index (χ2v) is 8.27. The third-order valence-corrected chi connectivity index (χ3v) is 5.79. The molecule has 0 saturated carbocycles. The van der Waals surface area contributed by atoms with Crippen molar-refractivity contribution in [2.75, 3.05) is 20.7 Å². The summed E-state index contributed by atoms with van der Waals surface area (Å²) < 4.78 is 36.4. The van der Waals surface area contributed by atoms with Crippen LogP contribution in [0.3, 0.4) is 0 Å². The molecule has 0 spiro atoms. The highest BCUT2D eigenvalue weighted by Gasteiger charge is 2.27. The molecule has 148 valence electrons. The lowest BCUT2D eigenvalue weighted by atomic mass is 10.2. The van der Waals surface area contributed by atoms with Crippen LogP contribution in [0, 0.1) is 0 Å². The molecule has 1 aliphatic heterocycles. The first-order valence-electron chi connectivity index (χ1n) is 8.30. The van der Waals surface area contributed by atoms with E-state index < -0.39 is 27.9 Å². The van der Waals surface area contributed by atoms with E-state index in [1.807, 2.05) is 0 Å². The fraction of sp³-hybridized carbons (Fsp3) is 0.222. The Balaban J connectivity index is 1.63. The zero-order valence-corrected chi connectivity index (χ0v) is 16.0. The number of carbonyl (C=O) groups excluding carboxylic acids is 2. The second-order valence-electron chi connectivity index (χ2n) is 6.12. The van der Waals surface area contributed by atoms with Crippen LogP contribution in [-0.4, -0.2) is 51.3 Å². The molecule has 0 radical (unpaired) electrons. The van der Waals surface area contributed by atoms with Crippen LogP contribution in [0.15, 0.2) is 53.4 Å². The first-order chi connectivity index (χ1) is 13.3. The molecule has 28 heavy (non-hydrogen) atoms. The number of ether oxygens (including phenoxy) is 2. The quantitative estimate of drug-likeness (QED) is 0.718. The van der Waals surface area contributed by atoms with Gasteiger partial charge in [-0.2, -0.15) is 0 Å². The summed E-state index contributed by atoms with van der Waals surface area (Å²) >= 11 is 0. The molecule has 0 aliphatic carbocycles.